The molecule has 6 heteroatoms. The minimum absolute atomic E-state index is 0.202. The largest absolute Gasteiger partial charge is 0.323 e. The van der Waals surface area contributed by atoms with Crippen LogP contribution in [-0.2, 0) is 0 Å². The summed E-state index contributed by atoms with van der Waals surface area (Å²) in [5, 5.41) is 0.509. The number of rotatable bonds is 4. The summed E-state index contributed by atoms with van der Waals surface area (Å²) in [6.45, 7) is 0. The molecule has 0 fully saturated rings. The van der Waals surface area contributed by atoms with Gasteiger partial charge < -0.3 is 10.7 Å². The molecule has 0 aliphatic rings. The second-order valence-electron chi connectivity index (χ2n) is 3.71. The standard InChI is InChI=1S/C12H12FN3OS/c13-9-3-1-2-8(6-9)10(14)7-18-12-15-5-4-11(17)16-12/h1-6,10H,7,14H2,(H,15,16,17). The number of nitrogens with two attached hydrogens (primary N) is 1. The summed E-state index contributed by atoms with van der Waals surface area (Å²) in [7, 11) is 0. The van der Waals surface area contributed by atoms with Crippen LogP contribution in [0.1, 0.15) is 11.6 Å². The molecule has 2 rings (SSSR count). The highest BCUT2D eigenvalue weighted by atomic mass is 32.2. The highest BCUT2D eigenvalue weighted by molar-refractivity contribution is 7.99. The van der Waals surface area contributed by atoms with Crippen molar-refractivity contribution in [1.82, 2.24) is 9.97 Å². The Bertz CT molecular complexity index is 587. The van der Waals surface area contributed by atoms with E-state index in [1.54, 1.807) is 12.1 Å². The van der Waals surface area contributed by atoms with Crippen molar-refractivity contribution in [3.63, 3.8) is 0 Å². The summed E-state index contributed by atoms with van der Waals surface area (Å²) < 4.78 is 13.0. The molecule has 3 N–H and O–H groups in total. The van der Waals surface area contributed by atoms with Gasteiger partial charge in [-0.2, -0.15) is 0 Å². The molecule has 0 saturated heterocycles. The zero-order valence-electron chi connectivity index (χ0n) is 9.47. The summed E-state index contributed by atoms with van der Waals surface area (Å²) >= 11 is 1.33. The van der Waals surface area contributed by atoms with Crippen molar-refractivity contribution in [3.05, 3.63) is 58.3 Å². The first-order valence-corrected chi connectivity index (χ1v) is 6.33. The van der Waals surface area contributed by atoms with Gasteiger partial charge in [-0.3, -0.25) is 4.79 Å². The van der Waals surface area contributed by atoms with Crippen molar-refractivity contribution in [2.45, 2.75) is 11.2 Å². The van der Waals surface area contributed by atoms with Crippen LogP contribution in [-0.4, -0.2) is 15.7 Å². The van der Waals surface area contributed by atoms with E-state index in [-0.39, 0.29) is 17.4 Å². The van der Waals surface area contributed by atoms with Gasteiger partial charge in [0, 0.05) is 24.1 Å². The maximum atomic E-state index is 13.0. The lowest BCUT2D eigenvalue weighted by atomic mass is 10.1. The topological polar surface area (TPSA) is 71.8 Å². The lowest BCUT2D eigenvalue weighted by Crippen LogP contribution is -2.14. The molecule has 1 unspecified atom stereocenters. The molecular formula is C12H12FN3OS. The Morgan fingerprint density at radius 3 is 3.00 bits per heavy atom. The van der Waals surface area contributed by atoms with Gasteiger partial charge in [0.2, 0.25) is 0 Å². The number of nitrogens with one attached hydrogen (secondary N) is 1. The molecule has 0 amide bonds. The van der Waals surface area contributed by atoms with Gasteiger partial charge in [-0.05, 0) is 17.7 Å². The highest BCUT2D eigenvalue weighted by Gasteiger charge is 2.08. The van der Waals surface area contributed by atoms with Crippen LogP contribution in [0, 0.1) is 5.82 Å². The first-order chi connectivity index (χ1) is 8.65. The number of nitrogens with zero attached hydrogens (tertiary/aromatic N) is 1. The molecule has 0 radical (unpaired) electrons. The van der Waals surface area contributed by atoms with Crippen molar-refractivity contribution in [2.75, 3.05) is 5.75 Å². The Balaban J connectivity index is 2.00. The number of aromatic nitrogens is 2. The van der Waals surface area contributed by atoms with Crippen LogP contribution < -0.4 is 11.3 Å². The monoisotopic (exact) mass is 265 g/mol. The minimum Gasteiger partial charge on any atom is -0.323 e. The average molecular weight is 265 g/mol. The van der Waals surface area contributed by atoms with Crippen molar-refractivity contribution >= 4 is 11.8 Å². The van der Waals surface area contributed by atoms with Gasteiger partial charge in [0.05, 0.1) is 0 Å². The lowest BCUT2D eigenvalue weighted by Gasteiger charge is -2.10. The fraction of sp³-hybridized carbons (Fsp3) is 0.167. The van der Waals surface area contributed by atoms with Gasteiger partial charge in [0.15, 0.2) is 5.16 Å². The summed E-state index contributed by atoms with van der Waals surface area (Å²) in [5.41, 5.74) is 6.46. The third kappa shape index (κ3) is 3.41. The Morgan fingerprint density at radius 2 is 2.28 bits per heavy atom. The second-order valence-corrected chi connectivity index (χ2v) is 4.72. The molecular weight excluding hydrogens is 253 g/mol. The smallest absolute Gasteiger partial charge is 0.251 e. The van der Waals surface area contributed by atoms with Crippen LogP contribution in [0.2, 0.25) is 0 Å². The van der Waals surface area contributed by atoms with Gasteiger partial charge >= 0.3 is 0 Å². The van der Waals surface area contributed by atoms with Gasteiger partial charge in [-0.25, -0.2) is 9.37 Å². The lowest BCUT2D eigenvalue weighted by molar-refractivity contribution is 0.622. The van der Waals surface area contributed by atoms with E-state index in [9.17, 15) is 9.18 Å². The zero-order chi connectivity index (χ0) is 13.0. The van der Waals surface area contributed by atoms with E-state index in [1.807, 2.05) is 0 Å². The quantitative estimate of drug-likeness (QED) is 0.652. The summed E-state index contributed by atoms with van der Waals surface area (Å²) in [6.07, 6.45) is 1.44. The first-order valence-electron chi connectivity index (χ1n) is 5.34. The van der Waals surface area contributed by atoms with E-state index in [4.69, 9.17) is 5.73 Å². The fourth-order valence-corrected chi connectivity index (χ4v) is 2.27. The molecule has 1 aromatic heterocycles. The third-order valence-corrected chi connectivity index (χ3v) is 3.33. The molecule has 0 spiro atoms. The zero-order valence-corrected chi connectivity index (χ0v) is 10.3. The first kappa shape index (κ1) is 12.8. The Morgan fingerprint density at radius 1 is 1.44 bits per heavy atom. The van der Waals surface area contributed by atoms with Crippen LogP contribution in [0.4, 0.5) is 4.39 Å². The van der Waals surface area contributed by atoms with E-state index in [1.165, 1.54) is 36.2 Å². The number of aromatic amines is 1. The molecule has 2 aromatic rings. The molecule has 0 aliphatic heterocycles. The minimum atomic E-state index is -0.309. The van der Waals surface area contributed by atoms with E-state index in [0.717, 1.165) is 5.56 Å². The van der Waals surface area contributed by atoms with Gasteiger partial charge in [-0.1, -0.05) is 23.9 Å². The van der Waals surface area contributed by atoms with Crippen molar-refractivity contribution < 1.29 is 4.39 Å². The van der Waals surface area contributed by atoms with Crippen LogP contribution in [0.5, 0.6) is 0 Å². The van der Waals surface area contributed by atoms with Gasteiger partial charge in [0.25, 0.3) is 5.56 Å². The van der Waals surface area contributed by atoms with E-state index in [0.29, 0.717) is 10.9 Å². The third-order valence-electron chi connectivity index (χ3n) is 2.32. The van der Waals surface area contributed by atoms with Crippen molar-refractivity contribution in [2.24, 2.45) is 5.73 Å². The normalized spacial score (nSPS) is 12.3. The van der Waals surface area contributed by atoms with Gasteiger partial charge in [-0.15, -0.1) is 0 Å². The van der Waals surface area contributed by atoms with Crippen molar-refractivity contribution in [3.8, 4) is 0 Å². The molecule has 94 valence electrons. The van der Waals surface area contributed by atoms with Crippen LogP contribution in [0.15, 0.2) is 46.5 Å². The fourth-order valence-electron chi connectivity index (χ4n) is 1.43. The molecule has 1 aromatic carbocycles. The van der Waals surface area contributed by atoms with Gasteiger partial charge in [0.1, 0.15) is 5.82 Å². The highest BCUT2D eigenvalue weighted by Crippen LogP contribution is 2.20. The van der Waals surface area contributed by atoms with Crippen LogP contribution >= 0.6 is 11.8 Å². The maximum absolute atomic E-state index is 13.0. The number of hydrogen-bond acceptors (Lipinski definition) is 4. The second kappa shape index (κ2) is 5.79. The molecule has 0 saturated carbocycles. The number of benzene rings is 1. The summed E-state index contributed by atoms with van der Waals surface area (Å²) in [6, 6.07) is 7.21. The van der Waals surface area contributed by atoms with Crippen LogP contribution in [0.25, 0.3) is 0 Å². The SMILES string of the molecule is NC(CSc1nccc(=O)[nH]1)c1cccc(F)c1. The van der Waals surface area contributed by atoms with Crippen LogP contribution in [0.3, 0.4) is 0 Å². The summed E-state index contributed by atoms with van der Waals surface area (Å²) in [5.74, 6) is 0.204. The van der Waals surface area contributed by atoms with E-state index < -0.39 is 0 Å². The van der Waals surface area contributed by atoms with E-state index >= 15 is 0 Å². The predicted molar refractivity (Wildman–Crippen MR) is 68.9 cm³/mol. The number of thioether (sulfide) groups is 1. The summed E-state index contributed by atoms with van der Waals surface area (Å²) in [4.78, 5) is 17.7. The number of halogens is 1. The molecule has 1 heterocycles. The maximum Gasteiger partial charge on any atom is 0.251 e. The molecule has 4 nitrogen and oxygen atoms in total. The van der Waals surface area contributed by atoms with E-state index in [2.05, 4.69) is 9.97 Å². The number of H-pyrrole nitrogens is 1. The number of hydrogen-bond donors (Lipinski definition) is 2. The molecule has 0 aliphatic carbocycles. The molecule has 18 heavy (non-hydrogen) atoms. The average Bonchev–Trinajstić information content (AvgIpc) is 2.36. The van der Waals surface area contributed by atoms with Crippen molar-refractivity contribution in [1.29, 1.82) is 0 Å². The Hall–Kier alpha value is -1.66. The molecule has 0 bridgehead atoms. The molecule has 1 atom stereocenters. The Kier molecular flexibility index (Phi) is 4.11. The predicted octanol–water partition coefficient (Wildman–Crippen LogP) is 1.70. The Labute approximate surface area is 107 Å².